The summed E-state index contributed by atoms with van der Waals surface area (Å²) in [6, 6.07) is 0. The summed E-state index contributed by atoms with van der Waals surface area (Å²) >= 11 is 0. The second-order valence-electron chi connectivity index (χ2n) is 8.64. The molecule has 1 N–H and O–H groups in total. The van der Waals surface area contributed by atoms with Crippen LogP contribution in [0.5, 0.6) is 0 Å². The number of hydrogen-bond donors (Lipinski definition) is 1. The zero-order valence-corrected chi connectivity index (χ0v) is 17.0. The van der Waals surface area contributed by atoms with Gasteiger partial charge in [0.1, 0.15) is 0 Å². The molecule has 3 aliphatic rings. The molecule has 3 rings (SSSR count). The van der Waals surface area contributed by atoms with Crippen LogP contribution >= 0.6 is 0 Å². The third kappa shape index (κ3) is 5.18. The number of nitrogens with zero attached hydrogens (tertiary/aromatic N) is 3. The molecule has 1 unspecified atom stereocenters. The quantitative estimate of drug-likeness (QED) is 0.729. The van der Waals surface area contributed by atoms with Crippen molar-refractivity contribution < 1.29 is 9.53 Å². The Morgan fingerprint density at radius 3 is 2.12 bits per heavy atom. The third-order valence-corrected chi connectivity index (χ3v) is 6.46. The summed E-state index contributed by atoms with van der Waals surface area (Å²) in [6.45, 7) is 17.6. The highest BCUT2D eigenvalue weighted by molar-refractivity contribution is 5.77. The first-order chi connectivity index (χ1) is 12.5. The van der Waals surface area contributed by atoms with Gasteiger partial charge in [0, 0.05) is 71.2 Å². The number of carbonyl (C=O) groups excluding carboxylic acids is 1. The summed E-state index contributed by atoms with van der Waals surface area (Å²) in [5, 5.41) is 3.00. The summed E-state index contributed by atoms with van der Waals surface area (Å²) in [7, 11) is 0. The number of likely N-dealkylation sites (N-methyl/N-ethyl adjacent to an activating group) is 1. The molecular weight excluding hydrogens is 328 g/mol. The molecule has 0 saturated carbocycles. The van der Waals surface area contributed by atoms with Crippen LogP contribution in [-0.2, 0) is 9.53 Å². The van der Waals surface area contributed by atoms with E-state index in [0.717, 1.165) is 32.4 Å². The summed E-state index contributed by atoms with van der Waals surface area (Å²) in [4.78, 5) is 19.4. The van der Waals surface area contributed by atoms with E-state index >= 15 is 0 Å². The monoisotopic (exact) mass is 366 g/mol. The number of piperidine rings is 1. The number of rotatable bonds is 7. The predicted molar refractivity (Wildman–Crippen MR) is 104 cm³/mol. The Morgan fingerprint density at radius 1 is 1.04 bits per heavy atom. The minimum absolute atomic E-state index is 0.0530. The molecule has 0 aromatic heterocycles. The molecule has 1 spiro atoms. The maximum atomic E-state index is 11.7. The molecule has 3 aliphatic heterocycles. The molecule has 0 aromatic rings. The molecule has 150 valence electrons. The van der Waals surface area contributed by atoms with E-state index in [4.69, 9.17) is 4.74 Å². The second-order valence-corrected chi connectivity index (χ2v) is 8.64. The Labute approximate surface area is 159 Å². The molecule has 1 amide bonds. The van der Waals surface area contributed by atoms with Gasteiger partial charge in [0.2, 0.25) is 5.91 Å². The zero-order chi connectivity index (χ0) is 18.6. The van der Waals surface area contributed by atoms with Crippen molar-refractivity contribution in [2.75, 3.05) is 65.4 Å². The number of amides is 1. The van der Waals surface area contributed by atoms with Crippen LogP contribution in [0.15, 0.2) is 0 Å². The normalized spacial score (nSPS) is 27.6. The van der Waals surface area contributed by atoms with Gasteiger partial charge >= 0.3 is 0 Å². The molecule has 0 bridgehead atoms. The number of hydrogen-bond acceptors (Lipinski definition) is 5. The topological polar surface area (TPSA) is 48.0 Å². The Balaban J connectivity index is 1.28. The molecule has 1 atom stereocenters. The number of nitrogens with one attached hydrogen (secondary N) is 1. The van der Waals surface area contributed by atoms with Crippen LogP contribution in [0.3, 0.4) is 0 Å². The minimum Gasteiger partial charge on any atom is -0.370 e. The van der Waals surface area contributed by atoms with Crippen LogP contribution in [0, 0.1) is 5.92 Å². The van der Waals surface area contributed by atoms with Crippen LogP contribution in [0.4, 0.5) is 0 Å². The maximum absolute atomic E-state index is 11.7. The number of carbonyl (C=O) groups is 1. The highest BCUT2D eigenvalue weighted by Gasteiger charge is 2.47. The molecule has 0 radical (unpaired) electrons. The van der Waals surface area contributed by atoms with Crippen molar-refractivity contribution >= 4 is 5.91 Å². The average Bonchev–Trinajstić information content (AvgIpc) is 2.63. The average molecular weight is 367 g/mol. The lowest BCUT2D eigenvalue weighted by molar-refractivity contribution is -0.223. The fraction of sp³-hybridized carbons (Fsp3) is 0.950. The Morgan fingerprint density at radius 2 is 1.58 bits per heavy atom. The van der Waals surface area contributed by atoms with E-state index in [-0.39, 0.29) is 23.5 Å². The first-order valence-electron chi connectivity index (χ1n) is 10.6. The largest absolute Gasteiger partial charge is 0.370 e. The number of ether oxygens (including phenoxy) is 1. The van der Waals surface area contributed by atoms with Gasteiger partial charge in [-0.1, -0.05) is 20.8 Å². The van der Waals surface area contributed by atoms with E-state index in [1.807, 2.05) is 13.8 Å². The minimum atomic E-state index is 0.0530. The van der Waals surface area contributed by atoms with Gasteiger partial charge in [0.05, 0.1) is 11.7 Å². The Hall–Kier alpha value is -0.690. The van der Waals surface area contributed by atoms with Crippen LogP contribution in [-0.4, -0.2) is 97.8 Å². The summed E-state index contributed by atoms with van der Waals surface area (Å²) in [5.74, 6) is 0.182. The highest BCUT2D eigenvalue weighted by Crippen LogP contribution is 2.41. The van der Waals surface area contributed by atoms with Crippen LogP contribution in [0.1, 0.15) is 40.0 Å². The lowest BCUT2D eigenvalue weighted by Gasteiger charge is -2.52. The van der Waals surface area contributed by atoms with Crippen LogP contribution < -0.4 is 5.32 Å². The van der Waals surface area contributed by atoms with Crippen molar-refractivity contribution in [3.63, 3.8) is 0 Å². The molecule has 26 heavy (non-hydrogen) atoms. The summed E-state index contributed by atoms with van der Waals surface area (Å²) in [6.07, 6.45) is 3.62. The first kappa shape index (κ1) is 20.1. The maximum Gasteiger partial charge on any atom is 0.222 e. The molecule has 3 heterocycles. The van der Waals surface area contributed by atoms with Crippen molar-refractivity contribution in [2.24, 2.45) is 5.92 Å². The number of likely N-dealkylation sites (tertiary alicyclic amines) is 1. The SMILES string of the molecule is CCN1CCN(CCN2CCC3(CC2)CC(CNC(=O)C(C)C)O3)CC1. The summed E-state index contributed by atoms with van der Waals surface area (Å²) < 4.78 is 6.21. The molecule has 0 aliphatic carbocycles. The predicted octanol–water partition coefficient (Wildman–Crippen LogP) is 1.02. The van der Waals surface area contributed by atoms with E-state index in [2.05, 4.69) is 26.9 Å². The molecule has 6 heteroatoms. The smallest absolute Gasteiger partial charge is 0.222 e. The van der Waals surface area contributed by atoms with Crippen molar-refractivity contribution in [3.8, 4) is 0 Å². The van der Waals surface area contributed by atoms with Crippen molar-refractivity contribution in [2.45, 2.75) is 51.7 Å². The first-order valence-corrected chi connectivity index (χ1v) is 10.6. The van der Waals surface area contributed by atoms with Crippen molar-refractivity contribution in [1.29, 1.82) is 0 Å². The molecule has 3 saturated heterocycles. The molecular formula is C20H38N4O2. The van der Waals surface area contributed by atoms with Crippen LogP contribution in [0.25, 0.3) is 0 Å². The van der Waals surface area contributed by atoms with Crippen LogP contribution in [0.2, 0.25) is 0 Å². The van der Waals surface area contributed by atoms with Gasteiger partial charge < -0.3 is 19.9 Å². The van der Waals surface area contributed by atoms with Gasteiger partial charge in [-0.15, -0.1) is 0 Å². The Kier molecular flexibility index (Phi) is 6.94. The third-order valence-electron chi connectivity index (χ3n) is 6.46. The molecule has 3 fully saturated rings. The zero-order valence-electron chi connectivity index (χ0n) is 17.0. The van der Waals surface area contributed by atoms with Gasteiger partial charge in [-0.3, -0.25) is 9.69 Å². The van der Waals surface area contributed by atoms with Gasteiger partial charge in [-0.2, -0.15) is 0 Å². The van der Waals surface area contributed by atoms with Crippen molar-refractivity contribution in [3.05, 3.63) is 0 Å². The number of piperazine rings is 1. The van der Waals surface area contributed by atoms with Gasteiger partial charge in [-0.25, -0.2) is 0 Å². The molecule has 6 nitrogen and oxygen atoms in total. The fourth-order valence-electron chi connectivity index (χ4n) is 4.41. The van der Waals surface area contributed by atoms with Gasteiger partial charge in [-0.05, 0) is 19.4 Å². The van der Waals surface area contributed by atoms with E-state index in [1.165, 1.54) is 45.8 Å². The van der Waals surface area contributed by atoms with E-state index in [1.54, 1.807) is 0 Å². The Bertz CT molecular complexity index is 447. The second kappa shape index (κ2) is 9.00. The summed E-state index contributed by atoms with van der Waals surface area (Å²) in [5.41, 5.74) is 0.108. The standard InChI is InChI=1S/C20H38N4O2/c1-4-22-9-11-24(12-10-22)14-13-23-7-5-20(6-8-23)15-18(26-20)16-21-19(25)17(2)3/h17-18H,4-16H2,1-3H3,(H,21,25). The van der Waals surface area contributed by atoms with E-state index in [0.29, 0.717) is 6.54 Å². The van der Waals surface area contributed by atoms with E-state index in [9.17, 15) is 4.79 Å². The lowest BCUT2D eigenvalue weighted by atomic mass is 9.80. The fourth-order valence-corrected chi connectivity index (χ4v) is 4.41. The lowest BCUT2D eigenvalue weighted by Crippen LogP contribution is -2.59. The van der Waals surface area contributed by atoms with Crippen molar-refractivity contribution in [1.82, 2.24) is 20.0 Å². The highest BCUT2D eigenvalue weighted by atomic mass is 16.5. The van der Waals surface area contributed by atoms with Gasteiger partial charge in [0.15, 0.2) is 0 Å². The molecule has 0 aromatic carbocycles. The van der Waals surface area contributed by atoms with Gasteiger partial charge in [0.25, 0.3) is 0 Å². The van der Waals surface area contributed by atoms with E-state index < -0.39 is 0 Å².